The summed E-state index contributed by atoms with van der Waals surface area (Å²) in [6, 6.07) is 14.3. The van der Waals surface area contributed by atoms with E-state index in [0.29, 0.717) is 5.02 Å². The Bertz CT molecular complexity index is 1280. The van der Waals surface area contributed by atoms with E-state index in [1.807, 2.05) is 18.2 Å². The van der Waals surface area contributed by atoms with Crippen LogP contribution in [0.4, 0.5) is 5.69 Å². The maximum Gasteiger partial charge on any atom is 0.186 e. The lowest BCUT2D eigenvalue weighted by atomic mass is 9.99. The molecule has 0 saturated heterocycles. The van der Waals surface area contributed by atoms with Crippen LogP contribution in [0.2, 0.25) is 5.02 Å². The van der Waals surface area contributed by atoms with Gasteiger partial charge in [-0.1, -0.05) is 53.7 Å². The third-order valence-electron chi connectivity index (χ3n) is 5.82. The van der Waals surface area contributed by atoms with Crippen molar-refractivity contribution in [1.29, 1.82) is 0 Å². The number of imidazole rings is 1. The minimum atomic E-state index is 0.129. The van der Waals surface area contributed by atoms with Gasteiger partial charge in [0.05, 0.1) is 28.1 Å². The number of hydrazone groups is 1. The number of amidine groups is 1. The van der Waals surface area contributed by atoms with Crippen molar-refractivity contribution >= 4 is 45.1 Å². The average Bonchev–Trinajstić information content (AvgIpc) is 3.55. The number of anilines is 1. The molecule has 4 heterocycles. The molecule has 0 bridgehead atoms. The van der Waals surface area contributed by atoms with Crippen LogP contribution < -0.4 is 10.7 Å². The summed E-state index contributed by atoms with van der Waals surface area (Å²) in [5.74, 6) is 1.41. The highest BCUT2D eigenvalue weighted by Crippen LogP contribution is 2.39. The Labute approximate surface area is 188 Å². The van der Waals surface area contributed by atoms with Crippen molar-refractivity contribution < 1.29 is 0 Å². The molecule has 2 aromatic carbocycles. The molecule has 0 aliphatic carbocycles. The zero-order valence-corrected chi connectivity index (χ0v) is 18.1. The Hall–Kier alpha value is -2.97. The van der Waals surface area contributed by atoms with Crippen molar-refractivity contribution in [2.45, 2.75) is 30.7 Å². The van der Waals surface area contributed by atoms with Gasteiger partial charge in [0.1, 0.15) is 11.2 Å². The smallest absolute Gasteiger partial charge is 0.186 e. The fourth-order valence-electron chi connectivity index (χ4n) is 4.27. The summed E-state index contributed by atoms with van der Waals surface area (Å²) < 4.78 is 2.30. The van der Waals surface area contributed by atoms with E-state index in [2.05, 4.69) is 61.1 Å². The SMILES string of the molecule is Clc1c(NC2=NNC(C3CCCn4cc(-c5ccccc5)nc43)S2)ccc2[nH]ncc12. The molecule has 2 aromatic heterocycles. The molecule has 0 spiro atoms. The first kappa shape index (κ1) is 18.8. The van der Waals surface area contributed by atoms with E-state index >= 15 is 0 Å². The molecule has 0 radical (unpaired) electrons. The first-order chi connectivity index (χ1) is 15.3. The Morgan fingerprint density at radius 2 is 2.06 bits per heavy atom. The quantitative estimate of drug-likeness (QED) is 0.410. The lowest BCUT2D eigenvalue weighted by Crippen LogP contribution is -2.30. The third kappa shape index (κ3) is 3.36. The van der Waals surface area contributed by atoms with Gasteiger partial charge in [0, 0.05) is 29.6 Å². The summed E-state index contributed by atoms with van der Waals surface area (Å²) in [5.41, 5.74) is 7.23. The van der Waals surface area contributed by atoms with Crippen LogP contribution in [0.1, 0.15) is 24.6 Å². The first-order valence-electron chi connectivity index (χ1n) is 10.3. The Kier molecular flexibility index (Phi) is 4.61. The summed E-state index contributed by atoms with van der Waals surface area (Å²) in [7, 11) is 0. The number of hydrogen-bond acceptors (Lipinski definition) is 6. The van der Waals surface area contributed by atoms with Crippen LogP contribution >= 0.6 is 23.4 Å². The third-order valence-corrected chi connectivity index (χ3v) is 7.33. The molecule has 0 saturated carbocycles. The number of fused-ring (bicyclic) bond motifs is 2. The lowest BCUT2D eigenvalue weighted by Gasteiger charge is -2.27. The van der Waals surface area contributed by atoms with Gasteiger partial charge < -0.3 is 9.88 Å². The van der Waals surface area contributed by atoms with E-state index in [0.717, 1.165) is 58.2 Å². The molecular weight excluding hydrogens is 430 g/mol. The molecule has 156 valence electrons. The van der Waals surface area contributed by atoms with Crippen molar-refractivity contribution in [3.63, 3.8) is 0 Å². The van der Waals surface area contributed by atoms with Crippen molar-refractivity contribution in [3.05, 3.63) is 65.7 Å². The number of halogens is 1. The van der Waals surface area contributed by atoms with Gasteiger partial charge in [-0.3, -0.25) is 10.5 Å². The highest BCUT2D eigenvalue weighted by molar-refractivity contribution is 8.14. The maximum atomic E-state index is 6.55. The van der Waals surface area contributed by atoms with Crippen molar-refractivity contribution in [1.82, 2.24) is 25.2 Å². The lowest BCUT2D eigenvalue weighted by molar-refractivity contribution is 0.413. The van der Waals surface area contributed by atoms with E-state index in [4.69, 9.17) is 16.6 Å². The van der Waals surface area contributed by atoms with Gasteiger partial charge in [-0.15, -0.1) is 0 Å². The van der Waals surface area contributed by atoms with Crippen LogP contribution in [0.3, 0.4) is 0 Å². The largest absolute Gasteiger partial charge is 0.334 e. The first-order valence-corrected chi connectivity index (χ1v) is 11.5. The summed E-state index contributed by atoms with van der Waals surface area (Å²) in [5, 5.41) is 17.4. The van der Waals surface area contributed by atoms with E-state index in [-0.39, 0.29) is 11.3 Å². The number of hydrogen-bond donors (Lipinski definition) is 3. The fraction of sp³-hybridized carbons (Fsp3) is 0.227. The standard InChI is InChI=1S/C22H20ClN7S/c23-19-15-11-24-27-16(15)8-9-17(19)26-22-29-28-21(31-22)14-7-4-10-30-12-18(25-20(14)30)13-5-2-1-3-6-13/h1-3,5-6,8-9,11-12,14,21,28H,4,7,10H2,(H,24,27)(H,26,29). The molecule has 2 aliphatic heterocycles. The minimum Gasteiger partial charge on any atom is -0.334 e. The second-order valence-corrected chi connectivity index (χ2v) is 9.27. The highest BCUT2D eigenvalue weighted by Gasteiger charge is 2.34. The second-order valence-electron chi connectivity index (χ2n) is 7.76. The van der Waals surface area contributed by atoms with Crippen LogP contribution in [0.5, 0.6) is 0 Å². The molecule has 2 atom stereocenters. The zero-order chi connectivity index (χ0) is 20.8. The molecule has 9 heteroatoms. The molecule has 2 unspecified atom stereocenters. The predicted molar refractivity (Wildman–Crippen MR) is 126 cm³/mol. The summed E-state index contributed by atoms with van der Waals surface area (Å²) >= 11 is 8.24. The number of aromatic amines is 1. The number of nitrogens with zero attached hydrogens (tertiary/aromatic N) is 4. The molecule has 6 rings (SSSR count). The van der Waals surface area contributed by atoms with Gasteiger partial charge in [-0.05, 0) is 25.0 Å². The highest BCUT2D eigenvalue weighted by atomic mass is 35.5. The Morgan fingerprint density at radius 3 is 2.97 bits per heavy atom. The van der Waals surface area contributed by atoms with Gasteiger partial charge in [0.15, 0.2) is 5.17 Å². The van der Waals surface area contributed by atoms with E-state index in [1.54, 1.807) is 18.0 Å². The number of benzene rings is 2. The number of thioether (sulfide) groups is 1. The van der Waals surface area contributed by atoms with Gasteiger partial charge in [-0.25, -0.2) is 4.98 Å². The van der Waals surface area contributed by atoms with Gasteiger partial charge >= 0.3 is 0 Å². The Balaban J connectivity index is 1.21. The van der Waals surface area contributed by atoms with Crippen LogP contribution in [-0.4, -0.2) is 30.3 Å². The maximum absolute atomic E-state index is 6.55. The molecule has 0 amide bonds. The van der Waals surface area contributed by atoms with E-state index < -0.39 is 0 Å². The molecule has 2 aliphatic rings. The number of aromatic nitrogens is 4. The zero-order valence-electron chi connectivity index (χ0n) is 16.5. The average molecular weight is 450 g/mol. The fourth-order valence-corrected chi connectivity index (χ4v) is 5.57. The summed E-state index contributed by atoms with van der Waals surface area (Å²) in [4.78, 5) is 5.01. The number of nitrogens with one attached hydrogen (secondary N) is 3. The van der Waals surface area contributed by atoms with Crippen molar-refractivity contribution in [2.75, 3.05) is 5.32 Å². The van der Waals surface area contributed by atoms with Crippen LogP contribution in [0.15, 0.2) is 60.0 Å². The van der Waals surface area contributed by atoms with Crippen LogP contribution in [0, 0.1) is 0 Å². The normalized spacial score (nSPS) is 20.4. The monoisotopic (exact) mass is 449 g/mol. The number of rotatable bonds is 3. The number of H-pyrrole nitrogens is 1. The summed E-state index contributed by atoms with van der Waals surface area (Å²) in [6.45, 7) is 1.01. The molecule has 3 N–H and O–H groups in total. The summed E-state index contributed by atoms with van der Waals surface area (Å²) in [6.07, 6.45) is 6.13. The molecule has 31 heavy (non-hydrogen) atoms. The van der Waals surface area contributed by atoms with Crippen LogP contribution in [0.25, 0.3) is 22.2 Å². The minimum absolute atomic E-state index is 0.129. The van der Waals surface area contributed by atoms with E-state index in [1.165, 1.54) is 0 Å². The molecular formula is C22H20ClN7S. The van der Waals surface area contributed by atoms with E-state index in [9.17, 15) is 0 Å². The predicted octanol–water partition coefficient (Wildman–Crippen LogP) is 5.00. The van der Waals surface area contributed by atoms with Gasteiger partial charge in [0.2, 0.25) is 0 Å². The second kappa shape index (κ2) is 7.62. The molecule has 4 aromatic rings. The van der Waals surface area contributed by atoms with Crippen molar-refractivity contribution in [2.24, 2.45) is 5.10 Å². The van der Waals surface area contributed by atoms with Crippen LogP contribution in [-0.2, 0) is 6.54 Å². The topological polar surface area (TPSA) is 82.9 Å². The Morgan fingerprint density at radius 1 is 1.16 bits per heavy atom. The molecule has 7 nitrogen and oxygen atoms in total. The van der Waals surface area contributed by atoms with Gasteiger partial charge in [0.25, 0.3) is 0 Å². The van der Waals surface area contributed by atoms with Crippen molar-refractivity contribution in [3.8, 4) is 11.3 Å². The number of aryl methyl sites for hydroxylation is 1. The molecule has 0 fully saturated rings. The van der Waals surface area contributed by atoms with Gasteiger partial charge in [-0.2, -0.15) is 10.2 Å².